The summed E-state index contributed by atoms with van der Waals surface area (Å²) >= 11 is 0. The van der Waals surface area contributed by atoms with E-state index in [1.807, 2.05) is 18.2 Å². The van der Waals surface area contributed by atoms with E-state index in [2.05, 4.69) is 78.9 Å². The van der Waals surface area contributed by atoms with Crippen LogP contribution < -0.4 is 0 Å². The number of benzene rings is 3. The summed E-state index contributed by atoms with van der Waals surface area (Å²) in [4.78, 5) is 13.6. The van der Waals surface area contributed by atoms with Gasteiger partial charge in [-0.05, 0) is 28.7 Å². The first-order valence-electron chi connectivity index (χ1n) is 10.3. The van der Waals surface area contributed by atoms with Crippen molar-refractivity contribution < 1.29 is 9.53 Å². The highest BCUT2D eigenvalue weighted by molar-refractivity contribution is 5.96. The zero-order valence-corrected chi connectivity index (χ0v) is 16.3. The summed E-state index contributed by atoms with van der Waals surface area (Å²) in [7, 11) is 0. The number of ketones is 1. The number of ether oxygens (including phenoxy) is 1. The molecule has 5 rings (SSSR count). The van der Waals surface area contributed by atoms with Crippen molar-refractivity contribution in [2.45, 2.75) is 12.3 Å². The molecular formula is C27H24O2. The normalized spacial score (nSPS) is 25.6. The van der Waals surface area contributed by atoms with Gasteiger partial charge in [0.05, 0.1) is 18.6 Å². The first-order chi connectivity index (χ1) is 14.3. The Morgan fingerprint density at radius 2 is 1.38 bits per heavy atom. The molecule has 2 fully saturated rings. The lowest BCUT2D eigenvalue weighted by Crippen LogP contribution is -2.41. The monoisotopic (exact) mass is 380 g/mol. The van der Waals surface area contributed by atoms with E-state index in [-0.39, 0.29) is 11.8 Å². The molecule has 0 aromatic heterocycles. The number of hydrogen-bond acceptors (Lipinski definition) is 2. The molecule has 3 aromatic carbocycles. The minimum Gasteiger partial charge on any atom is -0.379 e. The van der Waals surface area contributed by atoms with Gasteiger partial charge in [0.2, 0.25) is 0 Å². The second-order valence-corrected chi connectivity index (χ2v) is 8.11. The van der Waals surface area contributed by atoms with Gasteiger partial charge in [0.25, 0.3) is 0 Å². The van der Waals surface area contributed by atoms with Crippen molar-refractivity contribution in [3.05, 3.63) is 114 Å². The van der Waals surface area contributed by atoms with Crippen LogP contribution in [0.4, 0.5) is 0 Å². The summed E-state index contributed by atoms with van der Waals surface area (Å²) in [5.74, 6) is 0.464. The molecule has 0 spiro atoms. The summed E-state index contributed by atoms with van der Waals surface area (Å²) < 4.78 is 5.99. The Morgan fingerprint density at radius 1 is 0.828 bits per heavy atom. The second-order valence-electron chi connectivity index (χ2n) is 8.11. The highest BCUT2D eigenvalue weighted by Gasteiger charge is 2.56. The fourth-order valence-corrected chi connectivity index (χ4v) is 5.00. The van der Waals surface area contributed by atoms with Crippen molar-refractivity contribution in [1.82, 2.24) is 0 Å². The van der Waals surface area contributed by atoms with Crippen LogP contribution in [0.3, 0.4) is 0 Å². The van der Waals surface area contributed by atoms with Gasteiger partial charge in [-0.2, -0.15) is 0 Å². The first-order valence-corrected chi connectivity index (χ1v) is 10.3. The molecule has 0 N–H and O–H groups in total. The number of rotatable bonds is 4. The third-order valence-electron chi connectivity index (χ3n) is 6.40. The molecule has 1 aliphatic carbocycles. The molecule has 3 atom stereocenters. The van der Waals surface area contributed by atoms with Crippen molar-refractivity contribution >= 4 is 11.4 Å². The van der Waals surface area contributed by atoms with Crippen molar-refractivity contribution in [1.29, 1.82) is 0 Å². The van der Waals surface area contributed by atoms with E-state index < -0.39 is 5.41 Å². The molecule has 2 aliphatic rings. The average molecular weight is 380 g/mol. The molecule has 2 nitrogen and oxygen atoms in total. The molecule has 2 heteroatoms. The Balaban J connectivity index is 1.70. The highest BCUT2D eigenvalue weighted by atomic mass is 16.5. The van der Waals surface area contributed by atoms with E-state index in [0.717, 1.165) is 23.1 Å². The van der Waals surface area contributed by atoms with Crippen LogP contribution >= 0.6 is 0 Å². The van der Waals surface area contributed by atoms with E-state index in [9.17, 15) is 4.79 Å². The van der Waals surface area contributed by atoms with Gasteiger partial charge in [-0.15, -0.1) is 0 Å². The molecule has 0 unspecified atom stereocenters. The minimum absolute atomic E-state index is 0.0157. The Labute approximate surface area is 171 Å². The fraction of sp³-hybridized carbons (Fsp3) is 0.222. The van der Waals surface area contributed by atoms with E-state index >= 15 is 0 Å². The van der Waals surface area contributed by atoms with Crippen LogP contribution in [-0.2, 0) is 9.53 Å². The number of carbonyl (C=O) groups excluding carboxylic acids is 1. The van der Waals surface area contributed by atoms with Crippen molar-refractivity contribution in [3.8, 4) is 0 Å². The molecule has 3 aromatic rings. The van der Waals surface area contributed by atoms with Gasteiger partial charge in [-0.1, -0.05) is 97.1 Å². The summed E-state index contributed by atoms with van der Waals surface area (Å²) in [6.45, 7) is 0.995. The molecule has 2 bridgehead atoms. The van der Waals surface area contributed by atoms with Gasteiger partial charge in [-0.25, -0.2) is 0 Å². The molecule has 0 amide bonds. The topological polar surface area (TPSA) is 26.3 Å². The van der Waals surface area contributed by atoms with Crippen LogP contribution in [-0.4, -0.2) is 19.0 Å². The third-order valence-corrected chi connectivity index (χ3v) is 6.40. The zero-order valence-electron chi connectivity index (χ0n) is 16.3. The van der Waals surface area contributed by atoms with Gasteiger partial charge in [-0.3, -0.25) is 4.79 Å². The van der Waals surface area contributed by atoms with Gasteiger partial charge in [0.1, 0.15) is 0 Å². The maximum Gasteiger partial charge on any atom is 0.151 e. The standard InChI is InChI=1S/C27H24O2/c28-26-23-16-25(22-14-8-3-9-15-22)27(26,19-29-18-23)17-24(20-10-4-1-5-11-20)21-12-6-2-7-13-21/h1-15,17,23,25H,16,18-19H2/t23-,25+,27-/m1/s1. The molecule has 29 heavy (non-hydrogen) atoms. The van der Waals surface area contributed by atoms with Crippen LogP contribution in [0.1, 0.15) is 29.0 Å². The molecular weight excluding hydrogens is 356 g/mol. The molecule has 1 aliphatic heterocycles. The highest BCUT2D eigenvalue weighted by Crippen LogP contribution is 2.54. The average Bonchev–Trinajstić information content (AvgIpc) is 2.93. The summed E-state index contributed by atoms with van der Waals surface area (Å²) in [5.41, 5.74) is 3.96. The Bertz CT molecular complexity index is 982. The zero-order chi connectivity index (χ0) is 19.7. The van der Waals surface area contributed by atoms with Crippen LogP contribution in [0.25, 0.3) is 5.57 Å². The molecule has 1 heterocycles. The minimum atomic E-state index is -0.620. The molecule has 144 valence electrons. The van der Waals surface area contributed by atoms with E-state index in [1.165, 1.54) is 5.56 Å². The first kappa shape index (κ1) is 18.1. The second kappa shape index (κ2) is 7.46. The summed E-state index contributed by atoms with van der Waals surface area (Å²) in [6, 6.07) is 31.2. The van der Waals surface area contributed by atoms with Crippen molar-refractivity contribution in [2.75, 3.05) is 13.2 Å². The maximum absolute atomic E-state index is 13.6. The van der Waals surface area contributed by atoms with Gasteiger partial charge >= 0.3 is 0 Å². The predicted octanol–water partition coefficient (Wildman–Crippen LogP) is 5.51. The van der Waals surface area contributed by atoms with Crippen molar-refractivity contribution in [2.24, 2.45) is 11.3 Å². The summed E-state index contributed by atoms with van der Waals surface area (Å²) in [5, 5.41) is 0. The lowest BCUT2D eigenvalue weighted by atomic mass is 9.71. The molecule has 0 radical (unpaired) electrons. The quantitative estimate of drug-likeness (QED) is 0.597. The van der Waals surface area contributed by atoms with Gasteiger partial charge < -0.3 is 4.74 Å². The molecule has 1 saturated heterocycles. The Hall–Kier alpha value is -2.97. The fourth-order valence-electron chi connectivity index (χ4n) is 5.00. The van der Waals surface area contributed by atoms with Gasteiger partial charge in [0, 0.05) is 11.8 Å². The van der Waals surface area contributed by atoms with E-state index in [1.54, 1.807) is 0 Å². The van der Waals surface area contributed by atoms with Crippen LogP contribution in [0.2, 0.25) is 0 Å². The number of fused-ring (bicyclic) bond motifs is 2. The Kier molecular flexibility index (Phi) is 4.65. The maximum atomic E-state index is 13.6. The third kappa shape index (κ3) is 3.14. The lowest BCUT2D eigenvalue weighted by Gasteiger charge is -2.34. The van der Waals surface area contributed by atoms with Crippen LogP contribution in [0, 0.1) is 11.3 Å². The smallest absolute Gasteiger partial charge is 0.151 e. The van der Waals surface area contributed by atoms with Crippen LogP contribution in [0.15, 0.2) is 97.1 Å². The number of carbonyl (C=O) groups is 1. The SMILES string of the molecule is O=C1[C@H]2COC[C@]1(C=C(c1ccccc1)c1ccccc1)[C@H](c1ccccc1)C2. The van der Waals surface area contributed by atoms with E-state index in [4.69, 9.17) is 4.74 Å². The van der Waals surface area contributed by atoms with Crippen molar-refractivity contribution in [3.63, 3.8) is 0 Å². The van der Waals surface area contributed by atoms with Crippen LogP contribution in [0.5, 0.6) is 0 Å². The predicted molar refractivity (Wildman–Crippen MR) is 116 cm³/mol. The lowest BCUT2D eigenvalue weighted by molar-refractivity contribution is -0.137. The number of Topliss-reactive ketones (excluding diaryl/α,β-unsaturated/α-hetero) is 1. The largest absolute Gasteiger partial charge is 0.379 e. The number of hydrogen-bond donors (Lipinski definition) is 0. The molecule has 1 saturated carbocycles. The summed E-state index contributed by atoms with van der Waals surface area (Å²) in [6.07, 6.45) is 3.08. The van der Waals surface area contributed by atoms with Gasteiger partial charge in [0.15, 0.2) is 5.78 Å². The van der Waals surface area contributed by atoms with E-state index in [0.29, 0.717) is 19.0 Å². The Morgan fingerprint density at radius 3 is 1.97 bits per heavy atom.